The Bertz CT molecular complexity index is 1310. The maximum atomic E-state index is 13.6. The third-order valence-corrected chi connectivity index (χ3v) is 9.37. The molecule has 0 spiro atoms. The number of rotatable bonds is 8. The molecule has 5 rings (SSSR count). The lowest BCUT2D eigenvalue weighted by molar-refractivity contribution is 0.0606. The molecule has 1 saturated heterocycles. The van der Waals surface area contributed by atoms with E-state index < -0.39 is 10.0 Å². The van der Waals surface area contributed by atoms with Gasteiger partial charge in [0.05, 0.1) is 18.6 Å². The van der Waals surface area contributed by atoms with Crippen LogP contribution >= 0.6 is 0 Å². The van der Waals surface area contributed by atoms with E-state index in [2.05, 4.69) is 9.88 Å². The van der Waals surface area contributed by atoms with Crippen molar-refractivity contribution in [2.24, 2.45) is 13.0 Å². The number of hydrogen-bond acceptors (Lipinski definition) is 5. The SMILES string of the molecule is Cn1cnc(S(=O)(=O)N(Cc2ccccc2)c2ccc(C(=O)N3CCN(CC4CCCCC4)CC3)cc2)c1. The Morgan fingerprint density at radius 1 is 0.947 bits per heavy atom. The highest BCUT2D eigenvalue weighted by atomic mass is 32.2. The molecular formula is C29H37N5O3S. The number of anilines is 1. The highest BCUT2D eigenvalue weighted by Crippen LogP contribution is 2.27. The van der Waals surface area contributed by atoms with Gasteiger partial charge in [-0.1, -0.05) is 49.6 Å². The van der Waals surface area contributed by atoms with Gasteiger partial charge in [-0.25, -0.2) is 4.98 Å². The number of aromatic nitrogens is 2. The van der Waals surface area contributed by atoms with Gasteiger partial charge in [-0.3, -0.25) is 14.0 Å². The summed E-state index contributed by atoms with van der Waals surface area (Å²) in [7, 11) is -2.16. The van der Waals surface area contributed by atoms with E-state index in [1.54, 1.807) is 35.9 Å². The summed E-state index contributed by atoms with van der Waals surface area (Å²) in [5.74, 6) is 0.802. The number of benzene rings is 2. The lowest BCUT2D eigenvalue weighted by atomic mass is 9.89. The average Bonchev–Trinajstić information content (AvgIpc) is 3.40. The Morgan fingerprint density at radius 3 is 2.26 bits per heavy atom. The third-order valence-electron chi connectivity index (χ3n) is 7.71. The van der Waals surface area contributed by atoms with E-state index in [4.69, 9.17) is 0 Å². The zero-order chi connectivity index (χ0) is 26.5. The summed E-state index contributed by atoms with van der Waals surface area (Å²) in [5, 5.41) is -0.0119. The molecule has 2 aliphatic rings. The number of sulfonamides is 1. The minimum absolute atomic E-state index is 0.00365. The van der Waals surface area contributed by atoms with Crippen LogP contribution in [0.5, 0.6) is 0 Å². The zero-order valence-electron chi connectivity index (χ0n) is 22.1. The highest BCUT2D eigenvalue weighted by Gasteiger charge is 2.29. The highest BCUT2D eigenvalue weighted by molar-refractivity contribution is 7.92. The van der Waals surface area contributed by atoms with Crippen LogP contribution in [-0.4, -0.2) is 66.4 Å². The first kappa shape index (κ1) is 26.4. The molecule has 2 heterocycles. The van der Waals surface area contributed by atoms with Crippen molar-refractivity contribution < 1.29 is 13.2 Å². The first-order valence-electron chi connectivity index (χ1n) is 13.6. The molecule has 9 heteroatoms. The van der Waals surface area contributed by atoms with Crippen LogP contribution in [0.15, 0.2) is 72.1 Å². The van der Waals surface area contributed by atoms with Crippen LogP contribution in [0.1, 0.15) is 48.0 Å². The molecule has 2 aromatic carbocycles. The van der Waals surface area contributed by atoms with Crippen molar-refractivity contribution in [3.05, 3.63) is 78.2 Å². The predicted octanol–water partition coefficient (Wildman–Crippen LogP) is 4.15. The molecule has 1 aliphatic heterocycles. The molecule has 1 amide bonds. The van der Waals surface area contributed by atoms with Crippen LogP contribution in [0.4, 0.5) is 5.69 Å². The fourth-order valence-electron chi connectivity index (χ4n) is 5.52. The number of nitrogens with zero attached hydrogens (tertiary/aromatic N) is 5. The second kappa shape index (κ2) is 11.7. The van der Waals surface area contributed by atoms with E-state index in [9.17, 15) is 13.2 Å². The Labute approximate surface area is 225 Å². The van der Waals surface area contributed by atoms with E-state index in [0.29, 0.717) is 11.3 Å². The molecule has 3 aromatic rings. The van der Waals surface area contributed by atoms with Crippen LogP contribution in [0, 0.1) is 5.92 Å². The van der Waals surface area contributed by atoms with Crippen LogP contribution in [0.3, 0.4) is 0 Å². The van der Waals surface area contributed by atoms with Gasteiger partial charge in [0.25, 0.3) is 15.9 Å². The number of aryl methyl sites for hydroxylation is 1. The molecule has 0 radical (unpaired) electrons. The minimum Gasteiger partial charge on any atom is -0.339 e. The van der Waals surface area contributed by atoms with Crippen LogP contribution in [0.2, 0.25) is 0 Å². The van der Waals surface area contributed by atoms with Crippen LogP contribution in [-0.2, 0) is 23.6 Å². The zero-order valence-corrected chi connectivity index (χ0v) is 22.9. The van der Waals surface area contributed by atoms with Gasteiger partial charge in [-0.05, 0) is 48.6 Å². The normalized spacial score (nSPS) is 17.4. The quantitative estimate of drug-likeness (QED) is 0.433. The third kappa shape index (κ3) is 6.10. The van der Waals surface area contributed by atoms with Gasteiger partial charge in [-0.2, -0.15) is 8.42 Å². The fourth-order valence-corrected chi connectivity index (χ4v) is 6.94. The number of piperazine rings is 1. The number of carbonyl (C=O) groups excluding carboxylic acids is 1. The molecule has 1 saturated carbocycles. The molecule has 1 aromatic heterocycles. The summed E-state index contributed by atoms with van der Waals surface area (Å²) in [6.45, 7) is 4.58. The van der Waals surface area contributed by atoms with E-state index >= 15 is 0 Å². The van der Waals surface area contributed by atoms with Crippen molar-refractivity contribution in [2.75, 3.05) is 37.0 Å². The second-order valence-electron chi connectivity index (χ2n) is 10.5. The molecule has 8 nitrogen and oxygen atoms in total. The molecule has 0 atom stereocenters. The molecule has 0 bridgehead atoms. The van der Waals surface area contributed by atoms with Crippen molar-refractivity contribution in [3.63, 3.8) is 0 Å². The van der Waals surface area contributed by atoms with Gasteiger partial charge in [0.2, 0.25) is 0 Å². The van der Waals surface area contributed by atoms with Gasteiger partial charge in [0, 0.05) is 51.5 Å². The van der Waals surface area contributed by atoms with E-state index in [1.165, 1.54) is 48.9 Å². The van der Waals surface area contributed by atoms with E-state index in [1.807, 2.05) is 35.2 Å². The molecular weight excluding hydrogens is 498 g/mol. The molecule has 1 aliphatic carbocycles. The fraction of sp³-hybridized carbons (Fsp3) is 0.448. The lowest BCUT2D eigenvalue weighted by Crippen LogP contribution is -2.49. The summed E-state index contributed by atoms with van der Waals surface area (Å²) < 4.78 is 30.1. The summed E-state index contributed by atoms with van der Waals surface area (Å²) in [6.07, 6.45) is 9.72. The van der Waals surface area contributed by atoms with Crippen molar-refractivity contribution in [2.45, 2.75) is 43.7 Å². The Hall–Kier alpha value is -3.17. The van der Waals surface area contributed by atoms with E-state index in [0.717, 1.165) is 44.2 Å². The molecule has 0 unspecified atom stereocenters. The van der Waals surface area contributed by atoms with Gasteiger partial charge in [0.1, 0.15) is 0 Å². The smallest absolute Gasteiger partial charge is 0.283 e. The standard InChI is InChI=1S/C29H37N5O3S/c1-31-22-28(30-23-31)38(36,37)34(21-25-10-6-3-7-11-25)27-14-12-26(13-15-27)29(35)33-18-16-32(17-19-33)20-24-8-4-2-5-9-24/h3,6-7,10-15,22-24H,2,4-5,8-9,16-21H2,1H3. The second-order valence-corrected chi connectivity index (χ2v) is 12.3. The maximum Gasteiger partial charge on any atom is 0.283 e. The summed E-state index contributed by atoms with van der Waals surface area (Å²) >= 11 is 0. The summed E-state index contributed by atoms with van der Waals surface area (Å²) in [4.78, 5) is 21.8. The van der Waals surface area contributed by atoms with Gasteiger partial charge in [-0.15, -0.1) is 0 Å². The van der Waals surface area contributed by atoms with Gasteiger partial charge >= 0.3 is 0 Å². The first-order valence-corrected chi connectivity index (χ1v) is 15.0. The molecule has 0 N–H and O–H groups in total. The van der Waals surface area contributed by atoms with Crippen molar-refractivity contribution in [1.82, 2.24) is 19.4 Å². The number of carbonyl (C=O) groups is 1. The Morgan fingerprint density at radius 2 is 1.63 bits per heavy atom. The Balaban J connectivity index is 1.28. The molecule has 202 valence electrons. The summed E-state index contributed by atoms with van der Waals surface area (Å²) in [6, 6.07) is 16.4. The van der Waals surface area contributed by atoms with Crippen LogP contribution < -0.4 is 4.31 Å². The van der Waals surface area contributed by atoms with Crippen molar-refractivity contribution in [1.29, 1.82) is 0 Å². The van der Waals surface area contributed by atoms with Crippen LogP contribution in [0.25, 0.3) is 0 Å². The van der Waals surface area contributed by atoms with Gasteiger partial charge in [0.15, 0.2) is 5.03 Å². The number of imidazole rings is 1. The summed E-state index contributed by atoms with van der Waals surface area (Å²) in [5.41, 5.74) is 1.93. The van der Waals surface area contributed by atoms with Crippen molar-refractivity contribution in [3.8, 4) is 0 Å². The number of amides is 1. The predicted molar refractivity (Wildman–Crippen MR) is 148 cm³/mol. The molecule has 2 fully saturated rings. The number of hydrogen-bond donors (Lipinski definition) is 0. The Kier molecular flexibility index (Phi) is 8.14. The minimum atomic E-state index is -3.90. The van der Waals surface area contributed by atoms with Gasteiger partial charge < -0.3 is 9.47 Å². The topological polar surface area (TPSA) is 78.8 Å². The average molecular weight is 536 g/mol. The largest absolute Gasteiger partial charge is 0.339 e. The monoisotopic (exact) mass is 535 g/mol. The lowest BCUT2D eigenvalue weighted by Gasteiger charge is -2.37. The first-order chi connectivity index (χ1) is 18.4. The van der Waals surface area contributed by atoms with E-state index in [-0.39, 0.29) is 17.5 Å². The maximum absolute atomic E-state index is 13.6. The molecule has 38 heavy (non-hydrogen) atoms. The van der Waals surface area contributed by atoms with Crippen molar-refractivity contribution >= 4 is 21.6 Å².